The van der Waals surface area contributed by atoms with Crippen LogP contribution in [0.2, 0.25) is 0 Å². The number of para-hydroxylation sites is 1. The first-order valence-electron chi connectivity index (χ1n) is 4.69. The molecule has 72 valence electrons. The molecule has 0 fully saturated rings. The number of hydrogen-bond donors (Lipinski definition) is 1. The molecule has 0 saturated carbocycles. The van der Waals surface area contributed by atoms with E-state index in [1.54, 1.807) is 6.07 Å². The van der Waals surface area contributed by atoms with Gasteiger partial charge in [0.25, 0.3) is 0 Å². The average Bonchev–Trinajstić information content (AvgIpc) is 2.16. The van der Waals surface area contributed by atoms with Crippen LogP contribution >= 0.6 is 0 Å². The van der Waals surface area contributed by atoms with E-state index in [4.69, 9.17) is 0 Å². The zero-order valence-corrected chi connectivity index (χ0v) is 8.33. The average molecular weight is 179 g/mol. The van der Waals surface area contributed by atoms with Crippen molar-refractivity contribution >= 4 is 0 Å². The topological polar surface area (TPSA) is 23.5 Å². The molecule has 1 rings (SSSR count). The van der Waals surface area contributed by atoms with Crippen molar-refractivity contribution in [3.63, 3.8) is 0 Å². The molecule has 2 heteroatoms. The number of phenolic OH excluding ortho intramolecular Hbond substituents is 1. The molecule has 0 heterocycles. The molecule has 1 aromatic carbocycles. The Kier molecular flexibility index (Phi) is 3.77. The molecule has 1 aromatic rings. The van der Waals surface area contributed by atoms with E-state index >= 15 is 0 Å². The van der Waals surface area contributed by atoms with E-state index in [-0.39, 0.29) is 0 Å². The third-order valence-electron chi connectivity index (χ3n) is 2.29. The van der Waals surface area contributed by atoms with E-state index in [2.05, 4.69) is 18.9 Å². The van der Waals surface area contributed by atoms with Crippen LogP contribution in [0.15, 0.2) is 24.3 Å². The highest BCUT2D eigenvalue weighted by Gasteiger charge is 2.00. The van der Waals surface area contributed by atoms with Gasteiger partial charge in [-0.2, -0.15) is 0 Å². The van der Waals surface area contributed by atoms with Crippen molar-refractivity contribution in [1.82, 2.24) is 4.90 Å². The summed E-state index contributed by atoms with van der Waals surface area (Å²) in [7, 11) is 2.08. The zero-order valence-electron chi connectivity index (χ0n) is 8.33. The van der Waals surface area contributed by atoms with Gasteiger partial charge in [-0.05, 0) is 31.6 Å². The normalized spacial score (nSPS) is 10.7. The Bertz CT molecular complexity index is 260. The van der Waals surface area contributed by atoms with Gasteiger partial charge < -0.3 is 10.0 Å². The highest BCUT2D eigenvalue weighted by atomic mass is 16.3. The number of phenols is 1. The molecule has 0 spiro atoms. The van der Waals surface area contributed by atoms with Crippen LogP contribution in [0.4, 0.5) is 0 Å². The van der Waals surface area contributed by atoms with E-state index in [0.29, 0.717) is 5.75 Å². The standard InChI is InChI=1S/C11H17NO/c1-3-12(2)9-8-10-6-4-5-7-11(10)13/h4-7,13H,3,8-9H2,1-2H3. The minimum Gasteiger partial charge on any atom is -0.508 e. The highest BCUT2D eigenvalue weighted by Crippen LogP contribution is 2.15. The third kappa shape index (κ3) is 3.07. The number of likely N-dealkylation sites (N-methyl/N-ethyl adjacent to an activating group) is 1. The molecule has 0 amide bonds. The molecule has 0 atom stereocenters. The molecule has 0 aliphatic carbocycles. The van der Waals surface area contributed by atoms with Gasteiger partial charge in [-0.25, -0.2) is 0 Å². The lowest BCUT2D eigenvalue weighted by Crippen LogP contribution is -2.20. The maximum Gasteiger partial charge on any atom is 0.118 e. The number of rotatable bonds is 4. The van der Waals surface area contributed by atoms with Gasteiger partial charge in [0.1, 0.15) is 5.75 Å². The van der Waals surface area contributed by atoms with Crippen LogP contribution < -0.4 is 0 Å². The van der Waals surface area contributed by atoms with Crippen LogP contribution in [-0.4, -0.2) is 30.1 Å². The number of aromatic hydroxyl groups is 1. The lowest BCUT2D eigenvalue weighted by atomic mass is 10.1. The fourth-order valence-corrected chi connectivity index (χ4v) is 1.19. The molecule has 0 aliphatic heterocycles. The largest absolute Gasteiger partial charge is 0.508 e. The molecule has 13 heavy (non-hydrogen) atoms. The first-order chi connectivity index (χ1) is 6.24. The fourth-order valence-electron chi connectivity index (χ4n) is 1.19. The second-order valence-corrected chi connectivity index (χ2v) is 3.27. The van der Waals surface area contributed by atoms with E-state index in [0.717, 1.165) is 25.1 Å². The minimum atomic E-state index is 0.409. The Morgan fingerprint density at radius 3 is 2.62 bits per heavy atom. The first-order valence-corrected chi connectivity index (χ1v) is 4.69. The smallest absolute Gasteiger partial charge is 0.118 e. The van der Waals surface area contributed by atoms with Gasteiger partial charge in [-0.3, -0.25) is 0 Å². The van der Waals surface area contributed by atoms with Gasteiger partial charge in [-0.15, -0.1) is 0 Å². The summed E-state index contributed by atoms with van der Waals surface area (Å²) in [6.45, 7) is 4.17. The predicted octanol–water partition coefficient (Wildman–Crippen LogP) is 1.89. The molecule has 0 aromatic heterocycles. The number of nitrogens with zero attached hydrogens (tertiary/aromatic N) is 1. The zero-order chi connectivity index (χ0) is 9.68. The number of benzene rings is 1. The van der Waals surface area contributed by atoms with Crippen LogP contribution in [0.25, 0.3) is 0 Å². The molecule has 0 unspecified atom stereocenters. The maximum atomic E-state index is 9.48. The van der Waals surface area contributed by atoms with Crippen LogP contribution in [-0.2, 0) is 6.42 Å². The van der Waals surface area contributed by atoms with Crippen LogP contribution in [0.1, 0.15) is 12.5 Å². The van der Waals surface area contributed by atoms with E-state index in [1.165, 1.54) is 0 Å². The molecule has 1 N–H and O–H groups in total. The van der Waals surface area contributed by atoms with Crippen molar-refractivity contribution in [2.24, 2.45) is 0 Å². The van der Waals surface area contributed by atoms with Crippen molar-refractivity contribution in [2.45, 2.75) is 13.3 Å². The number of hydrogen-bond acceptors (Lipinski definition) is 2. The summed E-state index contributed by atoms with van der Waals surface area (Å²) in [4.78, 5) is 2.23. The molecule has 0 bridgehead atoms. The van der Waals surface area contributed by atoms with E-state index in [1.807, 2.05) is 18.2 Å². The maximum absolute atomic E-state index is 9.48. The van der Waals surface area contributed by atoms with Crippen LogP contribution in [0.3, 0.4) is 0 Å². The Morgan fingerprint density at radius 1 is 1.31 bits per heavy atom. The van der Waals surface area contributed by atoms with Crippen molar-refractivity contribution in [3.8, 4) is 5.75 Å². The van der Waals surface area contributed by atoms with Crippen molar-refractivity contribution in [3.05, 3.63) is 29.8 Å². The Hall–Kier alpha value is -1.02. The summed E-state index contributed by atoms with van der Waals surface area (Å²) in [6, 6.07) is 7.52. The molecule has 0 saturated heterocycles. The molecular weight excluding hydrogens is 162 g/mol. The van der Waals surface area contributed by atoms with Gasteiger partial charge in [0.15, 0.2) is 0 Å². The third-order valence-corrected chi connectivity index (χ3v) is 2.29. The highest BCUT2D eigenvalue weighted by molar-refractivity contribution is 5.31. The minimum absolute atomic E-state index is 0.409. The first kappa shape index (κ1) is 10.1. The summed E-state index contributed by atoms with van der Waals surface area (Å²) >= 11 is 0. The van der Waals surface area contributed by atoms with Crippen LogP contribution in [0.5, 0.6) is 5.75 Å². The predicted molar refractivity (Wildman–Crippen MR) is 55.0 cm³/mol. The summed E-state index contributed by atoms with van der Waals surface area (Å²) < 4.78 is 0. The summed E-state index contributed by atoms with van der Waals surface area (Å²) in [5, 5.41) is 9.48. The van der Waals surface area contributed by atoms with E-state index < -0.39 is 0 Å². The second kappa shape index (κ2) is 4.87. The monoisotopic (exact) mass is 179 g/mol. The second-order valence-electron chi connectivity index (χ2n) is 3.27. The van der Waals surface area contributed by atoms with Gasteiger partial charge in [0.05, 0.1) is 0 Å². The van der Waals surface area contributed by atoms with Crippen molar-refractivity contribution in [1.29, 1.82) is 0 Å². The van der Waals surface area contributed by atoms with E-state index in [9.17, 15) is 5.11 Å². The van der Waals surface area contributed by atoms with Crippen LogP contribution in [0, 0.1) is 0 Å². The van der Waals surface area contributed by atoms with Crippen molar-refractivity contribution in [2.75, 3.05) is 20.1 Å². The van der Waals surface area contributed by atoms with Gasteiger partial charge in [-0.1, -0.05) is 25.1 Å². The molecule has 0 radical (unpaired) electrons. The SMILES string of the molecule is CCN(C)CCc1ccccc1O. The Labute approximate surface area is 79.8 Å². The molecule has 0 aliphatic rings. The Morgan fingerprint density at radius 2 is 2.00 bits per heavy atom. The lowest BCUT2D eigenvalue weighted by Gasteiger charge is -2.13. The lowest BCUT2D eigenvalue weighted by molar-refractivity contribution is 0.354. The summed E-state index contributed by atoms with van der Waals surface area (Å²) in [6.07, 6.45) is 0.914. The fraction of sp³-hybridized carbons (Fsp3) is 0.455. The van der Waals surface area contributed by atoms with Gasteiger partial charge in [0, 0.05) is 6.54 Å². The van der Waals surface area contributed by atoms with Crippen molar-refractivity contribution < 1.29 is 5.11 Å². The van der Waals surface area contributed by atoms with Gasteiger partial charge in [0.2, 0.25) is 0 Å². The summed E-state index contributed by atoms with van der Waals surface area (Å²) in [5.74, 6) is 0.409. The Balaban J connectivity index is 2.50. The van der Waals surface area contributed by atoms with Gasteiger partial charge >= 0.3 is 0 Å². The molecular formula is C11H17NO. The molecule has 2 nitrogen and oxygen atoms in total. The quantitative estimate of drug-likeness (QED) is 0.763. The summed E-state index contributed by atoms with van der Waals surface area (Å²) in [5.41, 5.74) is 1.03.